The molecule has 1 aliphatic rings. The van der Waals surface area contributed by atoms with Crippen molar-refractivity contribution in [2.75, 3.05) is 0 Å². The number of benzene rings is 2. The number of rotatable bonds is 5. The van der Waals surface area contributed by atoms with E-state index in [2.05, 4.69) is 30.8 Å². The molecule has 1 atom stereocenters. The normalized spacial score (nSPS) is 16.9. The van der Waals surface area contributed by atoms with Crippen molar-refractivity contribution in [1.82, 2.24) is 15.0 Å². The molecule has 0 saturated carbocycles. The Morgan fingerprint density at radius 2 is 1.83 bits per heavy atom. The highest BCUT2D eigenvalue weighted by Gasteiger charge is 2.36. The minimum Gasteiger partial charge on any atom is -0.406 e. The largest absolute Gasteiger partial charge is 0.573 e. The number of carbonyl (C=O) groups excluding carboxylic acids is 1. The van der Waals surface area contributed by atoms with Crippen LogP contribution in [-0.4, -0.2) is 27.3 Å². The van der Waals surface area contributed by atoms with E-state index in [1.54, 1.807) is 4.90 Å². The lowest BCUT2D eigenvalue weighted by atomic mass is 10.1. The zero-order valence-electron chi connectivity index (χ0n) is 15.4. The van der Waals surface area contributed by atoms with E-state index >= 15 is 0 Å². The fraction of sp³-hybridized carbons (Fsp3) is 0.250. The van der Waals surface area contributed by atoms with Crippen molar-refractivity contribution in [1.29, 1.82) is 0 Å². The number of alkyl halides is 3. The van der Waals surface area contributed by atoms with Crippen molar-refractivity contribution >= 4 is 21.8 Å². The van der Waals surface area contributed by atoms with Gasteiger partial charge in [-0.3, -0.25) is 4.79 Å². The number of hydrogen-bond acceptors (Lipinski definition) is 5. The molecule has 3 aromatic rings. The average molecular weight is 482 g/mol. The third-order valence-corrected chi connectivity index (χ3v) is 5.20. The average Bonchev–Trinajstić information content (AvgIpc) is 3.30. The molecule has 2 aromatic carbocycles. The molecule has 1 amide bonds. The maximum absolute atomic E-state index is 12.4. The highest BCUT2D eigenvalue weighted by molar-refractivity contribution is 9.10. The highest BCUT2D eigenvalue weighted by atomic mass is 79.9. The molecule has 0 spiro atoms. The molecule has 156 valence electrons. The van der Waals surface area contributed by atoms with Gasteiger partial charge in [0.25, 0.3) is 0 Å². The molecule has 1 saturated heterocycles. The predicted octanol–water partition coefficient (Wildman–Crippen LogP) is 5.26. The number of carbonyl (C=O) groups is 1. The summed E-state index contributed by atoms with van der Waals surface area (Å²) < 4.78 is 47.1. The zero-order chi connectivity index (χ0) is 21.3. The quantitative estimate of drug-likeness (QED) is 0.497. The lowest BCUT2D eigenvalue weighted by Crippen LogP contribution is -2.27. The summed E-state index contributed by atoms with van der Waals surface area (Å²) in [7, 11) is 0. The summed E-state index contributed by atoms with van der Waals surface area (Å²) in [5.41, 5.74) is 1.45. The lowest BCUT2D eigenvalue weighted by molar-refractivity contribution is -0.274. The minimum absolute atomic E-state index is 0.0843. The van der Waals surface area contributed by atoms with Crippen LogP contribution in [0.15, 0.2) is 57.5 Å². The van der Waals surface area contributed by atoms with Crippen LogP contribution in [0.25, 0.3) is 11.4 Å². The second-order valence-electron chi connectivity index (χ2n) is 6.73. The van der Waals surface area contributed by atoms with Crippen LogP contribution in [-0.2, 0) is 11.3 Å². The maximum Gasteiger partial charge on any atom is 0.573 e. The molecule has 0 bridgehead atoms. The highest BCUT2D eigenvalue weighted by Crippen LogP contribution is 2.34. The number of nitrogens with zero attached hydrogens (tertiary/aromatic N) is 3. The van der Waals surface area contributed by atoms with Crippen molar-refractivity contribution in [3.8, 4) is 17.1 Å². The molecule has 1 aromatic heterocycles. The smallest absolute Gasteiger partial charge is 0.406 e. The lowest BCUT2D eigenvalue weighted by Gasteiger charge is -2.22. The second kappa shape index (κ2) is 8.10. The van der Waals surface area contributed by atoms with Crippen LogP contribution in [0.2, 0.25) is 0 Å². The Morgan fingerprint density at radius 1 is 1.13 bits per heavy atom. The molecular formula is C20H15BrF3N3O3. The molecule has 30 heavy (non-hydrogen) atoms. The molecule has 6 nitrogen and oxygen atoms in total. The van der Waals surface area contributed by atoms with Crippen molar-refractivity contribution in [3.63, 3.8) is 0 Å². The molecule has 0 radical (unpaired) electrons. The standard InChI is InChI=1S/C20H15BrF3N3O3/c21-14-5-3-13(4-6-14)18-25-19(30-26-18)16-9-10-17(28)27(16)11-12-1-7-15(8-2-12)29-20(22,23)24/h1-8,16H,9-11H2. The van der Waals surface area contributed by atoms with Gasteiger partial charge in [-0.25, -0.2) is 0 Å². The molecule has 0 N–H and O–H groups in total. The third-order valence-electron chi connectivity index (χ3n) is 4.67. The molecular weight excluding hydrogens is 467 g/mol. The van der Waals surface area contributed by atoms with Crippen LogP contribution in [0.5, 0.6) is 5.75 Å². The van der Waals surface area contributed by atoms with E-state index in [1.807, 2.05) is 24.3 Å². The van der Waals surface area contributed by atoms with Gasteiger partial charge in [0.05, 0.1) is 0 Å². The van der Waals surface area contributed by atoms with E-state index in [9.17, 15) is 18.0 Å². The van der Waals surface area contributed by atoms with E-state index in [1.165, 1.54) is 24.3 Å². The van der Waals surface area contributed by atoms with Gasteiger partial charge in [0.2, 0.25) is 17.6 Å². The number of ether oxygens (including phenoxy) is 1. The molecule has 4 rings (SSSR count). The first-order chi connectivity index (χ1) is 14.3. The van der Waals surface area contributed by atoms with Gasteiger partial charge in [-0.05, 0) is 48.4 Å². The van der Waals surface area contributed by atoms with Crippen LogP contribution in [0, 0.1) is 0 Å². The van der Waals surface area contributed by atoms with Gasteiger partial charge >= 0.3 is 6.36 Å². The summed E-state index contributed by atoms with van der Waals surface area (Å²) in [4.78, 5) is 18.4. The fourth-order valence-electron chi connectivity index (χ4n) is 3.27. The van der Waals surface area contributed by atoms with Gasteiger partial charge in [0, 0.05) is 23.0 Å². The third kappa shape index (κ3) is 4.64. The van der Waals surface area contributed by atoms with E-state index in [-0.39, 0.29) is 24.2 Å². The maximum atomic E-state index is 12.4. The van der Waals surface area contributed by atoms with Gasteiger partial charge in [-0.2, -0.15) is 4.98 Å². The number of likely N-dealkylation sites (tertiary alicyclic amines) is 1. The Balaban J connectivity index is 1.50. The van der Waals surface area contributed by atoms with Crippen LogP contribution < -0.4 is 4.74 Å². The first kappa shape index (κ1) is 20.4. The van der Waals surface area contributed by atoms with Crippen molar-refractivity contribution in [2.45, 2.75) is 31.8 Å². The van der Waals surface area contributed by atoms with Crippen LogP contribution in [0.1, 0.15) is 30.3 Å². The monoisotopic (exact) mass is 481 g/mol. The van der Waals surface area contributed by atoms with Gasteiger partial charge in [0.15, 0.2) is 0 Å². The number of amides is 1. The second-order valence-corrected chi connectivity index (χ2v) is 7.65. The first-order valence-corrected chi connectivity index (χ1v) is 9.81. The van der Waals surface area contributed by atoms with Gasteiger partial charge in [0.1, 0.15) is 11.8 Å². The fourth-order valence-corrected chi connectivity index (χ4v) is 3.53. The van der Waals surface area contributed by atoms with E-state index < -0.39 is 6.36 Å². The Hall–Kier alpha value is -2.88. The number of hydrogen-bond donors (Lipinski definition) is 0. The summed E-state index contributed by atoms with van der Waals surface area (Å²) in [5.74, 6) is 0.354. The van der Waals surface area contributed by atoms with Gasteiger partial charge < -0.3 is 14.2 Å². The molecule has 1 unspecified atom stereocenters. The minimum atomic E-state index is -4.75. The van der Waals surface area contributed by atoms with Crippen LogP contribution >= 0.6 is 15.9 Å². The first-order valence-electron chi connectivity index (χ1n) is 9.02. The van der Waals surface area contributed by atoms with Gasteiger partial charge in [-0.15, -0.1) is 13.2 Å². The Morgan fingerprint density at radius 3 is 2.50 bits per heavy atom. The Bertz CT molecular complexity index is 1040. The Labute approximate surface area is 177 Å². The molecule has 2 heterocycles. The zero-order valence-corrected chi connectivity index (χ0v) is 17.0. The molecule has 10 heteroatoms. The summed E-state index contributed by atoms with van der Waals surface area (Å²) in [6.45, 7) is 0.214. The van der Waals surface area contributed by atoms with Crippen LogP contribution in [0.3, 0.4) is 0 Å². The topological polar surface area (TPSA) is 68.5 Å². The van der Waals surface area contributed by atoms with Crippen molar-refractivity contribution in [2.24, 2.45) is 0 Å². The van der Waals surface area contributed by atoms with Crippen molar-refractivity contribution in [3.05, 3.63) is 64.5 Å². The predicted molar refractivity (Wildman–Crippen MR) is 103 cm³/mol. The summed E-state index contributed by atoms with van der Waals surface area (Å²) in [6.07, 6.45) is -3.89. The van der Waals surface area contributed by atoms with E-state index in [0.29, 0.717) is 30.1 Å². The summed E-state index contributed by atoms with van der Waals surface area (Å²) >= 11 is 3.37. The van der Waals surface area contributed by atoms with Gasteiger partial charge in [-0.1, -0.05) is 33.2 Å². The SMILES string of the molecule is O=C1CCC(c2nc(-c3ccc(Br)cc3)no2)N1Cc1ccc(OC(F)(F)F)cc1. The van der Waals surface area contributed by atoms with E-state index in [4.69, 9.17) is 4.52 Å². The summed E-state index contributed by atoms with van der Waals surface area (Å²) in [5, 5.41) is 4.01. The van der Waals surface area contributed by atoms with Crippen molar-refractivity contribution < 1.29 is 27.2 Å². The number of halogens is 4. The molecule has 1 fully saturated rings. The summed E-state index contributed by atoms with van der Waals surface area (Å²) in [6, 6.07) is 12.5. The van der Waals surface area contributed by atoms with E-state index in [0.717, 1.165) is 10.0 Å². The number of aromatic nitrogens is 2. The molecule has 1 aliphatic heterocycles. The van der Waals surface area contributed by atoms with Crippen LogP contribution in [0.4, 0.5) is 13.2 Å². The Kier molecular flexibility index (Phi) is 5.50. The molecule has 0 aliphatic carbocycles.